The van der Waals surface area contributed by atoms with Crippen LogP contribution in [0.15, 0.2) is 46.9 Å². The van der Waals surface area contributed by atoms with Gasteiger partial charge in [0.2, 0.25) is 0 Å². The summed E-state index contributed by atoms with van der Waals surface area (Å²) in [4.78, 5) is 0. The first-order valence-corrected chi connectivity index (χ1v) is 5.81. The Morgan fingerprint density at radius 2 is 1.88 bits per heavy atom. The zero-order chi connectivity index (χ0) is 12.3. The van der Waals surface area contributed by atoms with Gasteiger partial charge >= 0.3 is 0 Å². The summed E-state index contributed by atoms with van der Waals surface area (Å²) in [6, 6.07) is 11.3. The molecule has 2 aromatic carbocycles. The van der Waals surface area contributed by atoms with Gasteiger partial charge in [-0.25, -0.2) is 4.39 Å². The van der Waals surface area contributed by atoms with Crippen LogP contribution in [0.1, 0.15) is 5.56 Å². The van der Waals surface area contributed by atoms with Gasteiger partial charge in [-0.1, -0.05) is 18.2 Å². The molecule has 2 aromatic rings. The molecule has 0 aliphatic heterocycles. The molecule has 2 nitrogen and oxygen atoms in total. The van der Waals surface area contributed by atoms with E-state index in [1.54, 1.807) is 12.1 Å². The van der Waals surface area contributed by atoms with Crippen LogP contribution >= 0.6 is 15.9 Å². The molecule has 0 aliphatic carbocycles. The minimum absolute atomic E-state index is 0.102. The first-order chi connectivity index (χ1) is 8.20. The highest BCUT2D eigenvalue weighted by molar-refractivity contribution is 9.10. The van der Waals surface area contributed by atoms with Crippen molar-refractivity contribution in [3.05, 3.63) is 58.3 Å². The molecule has 0 aliphatic rings. The lowest BCUT2D eigenvalue weighted by molar-refractivity contribution is 0.276. The Balaban J connectivity index is 2.31. The van der Waals surface area contributed by atoms with Gasteiger partial charge in [0.1, 0.15) is 17.3 Å². The molecule has 88 valence electrons. The van der Waals surface area contributed by atoms with Crippen LogP contribution in [0.25, 0.3) is 0 Å². The van der Waals surface area contributed by atoms with Crippen LogP contribution in [-0.4, -0.2) is 5.11 Å². The highest BCUT2D eigenvalue weighted by Gasteiger charge is 2.07. The van der Waals surface area contributed by atoms with Gasteiger partial charge in [0.15, 0.2) is 0 Å². The normalized spacial score (nSPS) is 10.3. The third-order valence-corrected chi connectivity index (χ3v) is 2.88. The fourth-order valence-electron chi connectivity index (χ4n) is 1.41. The maximum absolute atomic E-state index is 12.9. The minimum Gasteiger partial charge on any atom is -0.456 e. The molecule has 1 N–H and O–H groups in total. The Morgan fingerprint density at radius 1 is 1.12 bits per heavy atom. The molecule has 0 amide bonds. The van der Waals surface area contributed by atoms with E-state index >= 15 is 0 Å². The van der Waals surface area contributed by atoms with E-state index in [2.05, 4.69) is 15.9 Å². The third kappa shape index (κ3) is 2.84. The van der Waals surface area contributed by atoms with Crippen molar-refractivity contribution in [2.75, 3.05) is 0 Å². The van der Waals surface area contributed by atoms with Crippen molar-refractivity contribution in [1.29, 1.82) is 0 Å². The van der Waals surface area contributed by atoms with Gasteiger partial charge in [0.05, 0.1) is 11.1 Å². The molecule has 17 heavy (non-hydrogen) atoms. The summed E-state index contributed by atoms with van der Waals surface area (Å²) in [6.07, 6.45) is 0. The van der Waals surface area contributed by atoms with E-state index in [1.165, 1.54) is 18.2 Å². The number of hydrogen-bond acceptors (Lipinski definition) is 2. The highest BCUT2D eigenvalue weighted by Crippen LogP contribution is 2.31. The second-order valence-corrected chi connectivity index (χ2v) is 4.30. The van der Waals surface area contributed by atoms with Gasteiger partial charge in [-0.2, -0.15) is 0 Å². The van der Waals surface area contributed by atoms with Gasteiger partial charge in [0.25, 0.3) is 0 Å². The Bertz CT molecular complexity index is 529. The lowest BCUT2D eigenvalue weighted by Gasteiger charge is -2.10. The monoisotopic (exact) mass is 296 g/mol. The summed E-state index contributed by atoms with van der Waals surface area (Å²) >= 11 is 3.22. The van der Waals surface area contributed by atoms with Gasteiger partial charge in [-0.05, 0) is 40.2 Å². The van der Waals surface area contributed by atoms with Crippen molar-refractivity contribution in [2.24, 2.45) is 0 Å². The summed E-state index contributed by atoms with van der Waals surface area (Å²) in [5.74, 6) is 0.731. The van der Waals surface area contributed by atoms with E-state index in [1.807, 2.05) is 12.1 Å². The summed E-state index contributed by atoms with van der Waals surface area (Å²) < 4.78 is 19.1. The molecule has 0 bridgehead atoms. The predicted molar refractivity (Wildman–Crippen MR) is 66.5 cm³/mol. The molecule has 4 heteroatoms. The van der Waals surface area contributed by atoms with Gasteiger partial charge in [-0.15, -0.1) is 0 Å². The second-order valence-electron chi connectivity index (χ2n) is 3.44. The quantitative estimate of drug-likeness (QED) is 0.931. The lowest BCUT2D eigenvalue weighted by atomic mass is 10.2. The molecule has 0 atom stereocenters. The first-order valence-electron chi connectivity index (χ1n) is 5.02. The van der Waals surface area contributed by atoms with E-state index < -0.39 is 0 Å². The number of aliphatic hydroxyl groups is 1. The van der Waals surface area contributed by atoms with E-state index in [-0.39, 0.29) is 12.4 Å². The number of para-hydroxylation sites is 1. The largest absolute Gasteiger partial charge is 0.456 e. The molecular formula is C13H10BrFO2. The van der Waals surface area contributed by atoms with Crippen molar-refractivity contribution in [3.63, 3.8) is 0 Å². The lowest BCUT2D eigenvalue weighted by Crippen LogP contribution is -1.92. The number of halogens is 2. The maximum atomic E-state index is 12.9. The Kier molecular flexibility index (Phi) is 3.76. The molecule has 2 rings (SSSR count). The number of benzene rings is 2. The van der Waals surface area contributed by atoms with Gasteiger partial charge in [0, 0.05) is 5.56 Å². The van der Waals surface area contributed by atoms with Gasteiger partial charge < -0.3 is 9.84 Å². The standard InChI is InChI=1S/C13H10BrFO2/c14-11-7-10(15)5-6-13(11)17-12-4-2-1-3-9(12)8-16/h1-7,16H,8H2. The molecule has 0 saturated carbocycles. The predicted octanol–water partition coefficient (Wildman–Crippen LogP) is 3.87. The molecule has 0 heterocycles. The average Bonchev–Trinajstić information content (AvgIpc) is 2.33. The van der Waals surface area contributed by atoms with E-state index in [4.69, 9.17) is 9.84 Å². The number of aliphatic hydroxyl groups excluding tert-OH is 1. The van der Waals surface area contributed by atoms with Crippen LogP contribution < -0.4 is 4.74 Å². The van der Waals surface area contributed by atoms with Crippen LogP contribution in [0.2, 0.25) is 0 Å². The van der Waals surface area contributed by atoms with Crippen molar-refractivity contribution in [1.82, 2.24) is 0 Å². The van der Waals surface area contributed by atoms with Crippen molar-refractivity contribution >= 4 is 15.9 Å². The van der Waals surface area contributed by atoms with Crippen LogP contribution in [0, 0.1) is 5.82 Å². The van der Waals surface area contributed by atoms with Crippen LogP contribution in [0.4, 0.5) is 4.39 Å². The zero-order valence-corrected chi connectivity index (χ0v) is 10.4. The minimum atomic E-state index is -0.334. The third-order valence-electron chi connectivity index (χ3n) is 2.26. The van der Waals surface area contributed by atoms with Crippen molar-refractivity contribution in [2.45, 2.75) is 6.61 Å². The highest BCUT2D eigenvalue weighted by atomic mass is 79.9. The Hall–Kier alpha value is -1.39. The Morgan fingerprint density at radius 3 is 2.59 bits per heavy atom. The summed E-state index contributed by atoms with van der Waals surface area (Å²) in [6.45, 7) is -0.102. The number of hydrogen-bond donors (Lipinski definition) is 1. The molecule has 0 spiro atoms. The fourth-order valence-corrected chi connectivity index (χ4v) is 1.84. The van der Waals surface area contributed by atoms with Crippen molar-refractivity contribution in [3.8, 4) is 11.5 Å². The van der Waals surface area contributed by atoms with Crippen molar-refractivity contribution < 1.29 is 14.2 Å². The zero-order valence-electron chi connectivity index (χ0n) is 8.86. The maximum Gasteiger partial charge on any atom is 0.141 e. The molecule has 0 aromatic heterocycles. The summed E-state index contributed by atoms with van der Waals surface area (Å²) in [5.41, 5.74) is 0.684. The molecule has 0 radical (unpaired) electrons. The first kappa shape index (κ1) is 12.1. The van der Waals surface area contributed by atoms with E-state index in [0.29, 0.717) is 21.5 Å². The second kappa shape index (κ2) is 5.29. The molecular weight excluding hydrogens is 287 g/mol. The smallest absolute Gasteiger partial charge is 0.141 e. The molecule has 0 fully saturated rings. The molecule has 0 unspecified atom stereocenters. The SMILES string of the molecule is OCc1ccccc1Oc1ccc(F)cc1Br. The summed E-state index contributed by atoms with van der Waals surface area (Å²) in [5, 5.41) is 9.16. The van der Waals surface area contributed by atoms with Crippen LogP contribution in [-0.2, 0) is 6.61 Å². The number of ether oxygens (including phenoxy) is 1. The van der Waals surface area contributed by atoms with E-state index in [9.17, 15) is 4.39 Å². The van der Waals surface area contributed by atoms with E-state index in [0.717, 1.165) is 0 Å². The van der Waals surface area contributed by atoms with Crippen LogP contribution in [0.3, 0.4) is 0 Å². The topological polar surface area (TPSA) is 29.5 Å². The summed E-state index contributed by atoms with van der Waals surface area (Å²) in [7, 11) is 0. The fraction of sp³-hybridized carbons (Fsp3) is 0.0769. The Labute approximate surface area is 107 Å². The van der Waals surface area contributed by atoms with Crippen LogP contribution in [0.5, 0.6) is 11.5 Å². The number of rotatable bonds is 3. The average molecular weight is 297 g/mol. The van der Waals surface area contributed by atoms with Gasteiger partial charge in [-0.3, -0.25) is 0 Å². The molecule has 0 saturated heterocycles.